The molecule has 204 valence electrons. The Balaban J connectivity index is 1.50. The van der Waals surface area contributed by atoms with Crippen molar-refractivity contribution in [2.24, 2.45) is 5.92 Å². The van der Waals surface area contributed by atoms with Crippen molar-refractivity contribution in [1.29, 1.82) is 0 Å². The van der Waals surface area contributed by atoms with Crippen molar-refractivity contribution in [3.8, 4) is 5.75 Å². The van der Waals surface area contributed by atoms with Crippen LogP contribution in [0.1, 0.15) is 53.2 Å². The number of aryl methyl sites for hydroxylation is 1. The second kappa shape index (κ2) is 8.91. The van der Waals surface area contributed by atoms with Gasteiger partial charge in [0.15, 0.2) is 5.78 Å². The van der Waals surface area contributed by atoms with Crippen LogP contribution in [-0.2, 0) is 20.5 Å². The summed E-state index contributed by atoms with van der Waals surface area (Å²) in [6.45, 7) is 5.15. The molecule has 8 heteroatoms. The highest BCUT2D eigenvalue weighted by atomic mass is 35.5. The van der Waals surface area contributed by atoms with Gasteiger partial charge >= 0.3 is 0 Å². The maximum Gasteiger partial charge on any atom is 0.251 e. The van der Waals surface area contributed by atoms with Crippen LogP contribution < -0.4 is 15.4 Å². The lowest BCUT2D eigenvalue weighted by Gasteiger charge is -2.43. The molecule has 4 atom stereocenters. The first-order valence-electron chi connectivity index (χ1n) is 13.9. The number of ketones is 1. The average molecular weight is 556 g/mol. The van der Waals surface area contributed by atoms with Crippen LogP contribution in [0, 0.1) is 12.8 Å². The molecule has 7 rings (SSSR count). The molecule has 4 aliphatic rings. The van der Waals surface area contributed by atoms with Crippen molar-refractivity contribution >= 4 is 40.6 Å². The van der Waals surface area contributed by atoms with Crippen LogP contribution in [0.15, 0.2) is 60.7 Å². The van der Waals surface area contributed by atoms with Gasteiger partial charge in [-0.25, -0.2) is 0 Å². The van der Waals surface area contributed by atoms with Gasteiger partial charge in [0.1, 0.15) is 16.7 Å². The van der Waals surface area contributed by atoms with Gasteiger partial charge < -0.3 is 15.4 Å². The van der Waals surface area contributed by atoms with Crippen molar-refractivity contribution in [2.45, 2.75) is 50.1 Å². The zero-order valence-electron chi connectivity index (χ0n) is 22.4. The number of Topliss-reactive ketones (excluding diaryl/α,β-unsaturated/α-hetero) is 1. The Morgan fingerprint density at radius 3 is 2.60 bits per heavy atom. The van der Waals surface area contributed by atoms with E-state index in [-0.39, 0.29) is 23.6 Å². The third kappa shape index (κ3) is 3.02. The fourth-order valence-corrected chi connectivity index (χ4v) is 8.21. The molecule has 4 heterocycles. The number of ether oxygens (including phenoxy) is 1. The van der Waals surface area contributed by atoms with Crippen LogP contribution in [-0.4, -0.2) is 41.7 Å². The number of benzene rings is 3. The minimum Gasteiger partial charge on any atom is -0.494 e. The molecule has 2 fully saturated rings. The summed E-state index contributed by atoms with van der Waals surface area (Å²) in [6.07, 6.45) is 2.41. The molecule has 4 aliphatic heterocycles. The lowest BCUT2D eigenvalue weighted by atomic mass is 9.57. The van der Waals surface area contributed by atoms with Gasteiger partial charge in [-0.3, -0.25) is 19.3 Å². The number of fused-ring (bicyclic) bond motifs is 7. The van der Waals surface area contributed by atoms with Crippen LogP contribution in [0.4, 0.5) is 11.4 Å². The molecule has 2 spiro atoms. The monoisotopic (exact) mass is 555 g/mol. The van der Waals surface area contributed by atoms with Crippen LogP contribution in [0.2, 0.25) is 5.02 Å². The van der Waals surface area contributed by atoms with Crippen molar-refractivity contribution < 1.29 is 19.1 Å². The van der Waals surface area contributed by atoms with Gasteiger partial charge in [-0.15, -0.1) is 0 Å². The molecule has 0 aliphatic carbocycles. The summed E-state index contributed by atoms with van der Waals surface area (Å²) >= 11 is 6.71. The number of halogens is 1. The number of hydrogen-bond acceptors (Lipinski definition) is 5. The van der Waals surface area contributed by atoms with E-state index in [1.165, 1.54) is 0 Å². The highest BCUT2D eigenvalue weighted by Crippen LogP contribution is 2.68. The molecule has 2 amide bonds. The summed E-state index contributed by atoms with van der Waals surface area (Å²) in [7, 11) is 0. The normalized spacial score (nSPS) is 28.0. The number of para-hydroxylation sites is 1. The lowest BCUT2D eigenvalue weighted by Crippen LogP contribution is -2.62. The number of nitrogens with zero attached hydrogens (tertiary/aromatic N) is 1. The van der Waals surface area contributed by atoms with Crippen molar-refractivity contribution in [2.75, 3.05) is 23.8 Å². The Morgan fingerprint density at radius 2 is 1.82 bits per heavy atom. The molecule has 0 bridgehead atoms. The predicted molar refractivity (Wildman–Crippen MR) is 153 cm³/mol. The van der Waals surface area contributed by atoms with Crippen LogP contribution >= 0.6 is 11.6 Å². The lowest BCUT2D eigenvalue weighted by molar-refractivity contribution is -0.137. The molecule has 0 saturated carbocycles. The Bertz CT molecular complexity index is 1590. The number of nitrogens with one attached hydrogen (secondary N) is 2. The van der Waals surface area contributed by atoms with Crippen molar-refractivity contribution in [3.63, 3.8) is 0 Å². The van der Waals surface area contributed by atoms with E-state index in [9.17, 15) is 14.4 Å². The maximum absolute atomic E-state index is 14.7. The van der Waals surface area contributed by atoms with Crippen molar-refractivity contribution in [1.82, 2.24) is 4.90 Å². The molecule has 7 nitrogen and oxygen atoms in total. The summed E-state index contributed by atoms with van der Waals surface area (Å²) in [5.74, 6) is -0.895. The first-order chi connectivity index (χ1) is 19.3. The number of rotatable bonds is 5. The number of carbonyl (C=O) groups is 3. The largest absolute Gasteiger partial charge is 0.494 e. The second-order valence-corrected chi connectivity index (χ2v) is 11.7. The number of amides is 2. The van der Waals surface area contributed by atoms with Gasteiger partial charge in [-0.05, 0) is 80.3 Å². The average Bonchev–Trinajstić information content (AvgIpc) is 3.67. The maximum atomic E-state index is 14.7. The molecular formula is C32H30ClN3O4. The Hall–Kier alpha value is -3.68. The van der Waals surface area contributed by atoms with Gasteiger partial charge in [-0.1, -0.05) is 42.8 Å². The van der Waals surface area contributed by atoms with Gasteiger partial charge in [0.05, 0.1) is 23.2 Å². The topological polar surface area (TPSA) is 87.7 Å². The van der Waals surface area contributed by atoms with E-state index in [4.69, 9.17) is 16.3 Å². The molecule has 3 aromatic carbocycles. The molecule has 3 aromatic rings. The molecule has 0 unspecified atom stereocenters. The quantitative estimate of drug-likeness (QED) is 0.409. The molecule has 2 N–H and O–H groups in total. The smallest absolute Gasteiger partial charge is 0.251 e. The zero-order chi connectivity index (χ0) is 27.8. The molecule has 0 radical (unpaired) electrons. The van der Waals surface area contributed by atoms with E-state index in [0.29, 0.717) is 58.4 Å². The van der Waals surface area contributed by atoms with E-state index in [2.05, 4.69) is 15.5 Å². The number of hydrogen-bond donors (Lipinski definition) is 2. The van der Waals surface area contributed by atoms with E-state index >= 15 is 0 Å². The fourth-order valence-electron chi connectivity index (χ4n) is 7.89. The van der Waals surface area contributed by atoms with Gasteiger partial charge in [0, 0.05) is 22.9 Å². The first kappa shape index (κ1) is 25.3. The van der Waals surface area contributed by atoms with Crippen LogP contribution in [0.25, 0.3) is 0 Å². The highest BCUT2D eigenvalue weighted by molar-refractivity contribution is 6.35. The summed E-state index contributed by atoms with van der Waals surface area (Å²) in [5, 5.41) is 6.54. The van der Waals surface area contributed by atoms with E-state index in [1.54, 1.807) is 24.3 Å². The molecule has 2 saturated heterocycles. The van der Waals surface area contributed by atoms with Crippen molar-refractivity contribution in [3.05, 3.63) is 87.9 Å². The fraction of sp³-hybridized carbons (Fsp3) is 0.344. The Morgan fingerprint density at radius 1 is 1.05 bits per heavy atom. The zero-order valence-corrected chi connectivity index (χ0v) is 23.2. The second-order valence-electron chi connectivity index (χ2n) is 11.3. The number of anilines is 2. The standard InChI is InChI=1S/C32H30ClN3O4/c1-3-15-40-20-12-10-19(11-13-20)28(37)26-25-9-6-14-36(25)32(22-16-18(2)17-23(33)27(22)35-30(32)39)31(26)21-7-4-5-8-24(21)34-29(31)38/h4-5,7-8,10-13,16-17,25-26H,3,6,9,14-15H2,1-2H3,(H,34,38)(H,35,39)/t25-,26-,31+,32+/m0/s1. The first-order valence-corrected chi connectivity index (χ1v) is 14.3. The summed E-state index contributed by atoms with van der Waals surface area (Å²) in [5.41, 5.74) is 0.954. The Kier molecular flexibility index (Phi) is 5.64. The summed E-state index contributed by atoms with van der Waals surface area (Å²) in [4.78, 5) is 45.9. The van der Waals surface area contributed by atoms with E-state index in [1.807, 2.05) is 50.2 Å². The minimum atomic E-state index is -1.49. The van der Waals surface area contributed by atoms with E-state index < -0.39 is 16.9 Å². The number of carbonyl (C=O) groups excluding carboxylic acids is 3. The summed E-state index contributed by atoms with van der Waals surface area (Å²) < 4.78 is 5.74. The van der Waals surface area contributed by atoms with Gasteiger partial charge in [0.25, 0.3) is 5.91 Å². The molecular weight excluding hydrogens is 526 g/mol. The van der Waals surface area contributed by atoms with E-state index in [0.717, 1.165) is 18.4 Å². The van der Waals surface area contributed by atoms with Gasteiger partial charge in [-0.2, -0.15) is 0 Å². The van der Waals surface area contributed by atoms with Gasteiger partial charge in [0.2, 0.25) is 5.91 Å². The highest BCUT2D eigenvalue weighted by Gasteiger charge is 2.81. The van der Waals surface area contributed by atoms with Crippen LogP contribution in [0.3, 0.4) is 0 Å². The minimum absolute atomic E-state index is 0.150. The van der Waals surface area contributed by atoms with Crippen LogP contribution in [0.5, 0.6) is 5.75 Å². The SMILES string of the molecule is CCCOc1ccc(C(=O)[C@@H]2[C@@H]3CCCN3[C@]3(C(=O)Nc4c(Cl)cc(C)cc43)[C@@]23C(=O)Nc2ccccc23)cc1. The third-order valence-corrected chi connectivity index (χ3v) is 9.49. The predicted octanol–water partition coefficient (Wildman–Crippen LogP) is 5.45. The molecule has 40 heavy (non-hydrogen) atoms. The summed E-state index contributed by atoms with van der Waals surface area (Å²) in [6, 6.07) is 18.1. The Labute approximate surface area is 237 Å². The molecule has 0 aromatic heterocycles. The third-order valence-electron chi connectivity index (χ3n) is 9.20.